The molecule has 0 saturated carbocycles. The Balaban J connectivity index is 1.73. The molecule has 0 heterocycles. The van der Waals surface area contributed by atoms with Crippen molar-refractivity contribution in [3.05, 3.63) is 64.1 Å². The lowest BCUT2D eigenvalue weighted by Crippen LogP contribution is -2.34. The van der Waals surface area contributed by atoms with Crippen LogP contribution in [0.5, 0.6) is 0 Å². The Kier molecular flexibility index (Phi) is 7.29. The lowest BCUT2D eigenvalue weighted by Gasteiger charge is -2.17. The summed E-state index contributed by atoms with van der Waals surface area (Å²) in [5.74, 6) is -0.314. The maximum atomic E-state index is 12.1. The lowest BCUT2D eigenvalue weighted by atomic mass is 10.1. The highest BCUT2D eigenvalue weighted by Crippen LogP contribution is 2.15. The highest BCUT2D eigenvalue weighted by Gasteiger charge is 2.13. The number of halogens is 2. The van der Waals surface area contributed by atoms with Crippen LogP contribution in [-0.2, 0) is 16.0 Å². The molecule has 0 unspecified atom stereocenters. The molecule has 0 radical (unpaired) electrons. The summed E-state index contributed by atoms with van der Waals surface area (Å²) in [7, 11) is 1.63. The number of benzene rings is 2. The van der Waals surface area contributed by atoms with Crippen LogP contribution in [0.4, 0.5) is 5.69 Å². The van der Waals surface area contributed by atoms with Gasteiger partial charge in [-0.15, -0.1) is 0 Å². The Morgan fingerprint density at radius 3 is 2.44 bits per heavy atom. The molecular formula is C19H20Cl2N2O2. The van der Waals surface area contributed by atoms with E-state index in [1.54, 1.807) is 31.3 Å². The largest absolute Gasteiger partial charge is 0.336 e. The first-order valence-corrected chi connectivity index (χ1v) is 8.73. The number of anilines is 1. The van der Waals surface area contributed by atoms with Gasteiger partial charge in [-0.2, -0.15) is 0 Å². The molecule has 0 atom stereocenters. The minimum Gasteiger partial charge on any atom is -0.336 e. The minimum atomic E-state index is -0.254. The maximum absolute atomic E-state index is 12.1. The van der Waals surface area contributed by atoms with E-state index >= 15 is 0 Å². The van der Waals surface area contributed by atoms with Crippen LogP contribution in [0.1, 0.15) is 18.4 Å². The van der Waals surface area contributed by atoms with Crippen molar-refractivity contribution in [2.24, 2.45) is 0 Å². The average molecular weight is 379 g/mol. The number of carbonyl (C=O) groups excluding carboxylic acids is 2. The Labute approximate surface area is 157 Å². The zero-order valence-corrected chi connectivity index (χ0v) is 15.5. The molecule has 0 fully saturated rings. The molecule has 132 valence electrons. The van der Waals surface area contributed by atoms with Crippen molar-refractivity contribution in [2.75, 3.05) is 18.9 Å². The van der Waals surface area contributed by atoms with Crippen LogP contribution in [0.3, 0.4) is 0 Å². The number of hydrogen-bond donors (Lipinski definition) is 1. The highest BCUT2D eigenvalue weighted by molar-refractivity contribution is 6.31. The van der Waals surface area contributed by atoms with Crippen molar-refractivity contribution in [3.8, 4) is 0 Å². The van der Waals surface area contributed by atoms with E-state index in [9.17, 15) is 9.59 Å². The van der Waals surface area contributed by atoms with Crippen LogP contribution >= 0.6 is 23.2 Å². The van der Waals surface area contributed by atoms with Gasteiger partial charge in [-0.1, -0.05) is 41.4 Å². The topological polar surface area (TPSA) is 49.4 Å². The summed E-state index contributed by atoms with van der Waals surface area (Å²) in [4.78, 5) is 25.6. The fourth-order valence-corrected chi connectivity index (χ4v) is 2.67. The summed E-state index contributed by atoms with van der Waals surface area (Å²) in [6.07, 6.45) is 1.91. The fourth-order valence-electron chi connectivity index (χ4n) is 2.36. The van der Waals surface area contributed by atoms with Gasteiger partial charge in [0.2, 0.25) is 11.8 Å². The van der Waals surface area contributed by atoms with Crippen LogP contribution in [0.25, 0.3) is 0 Å². The number of hydrogen-bond acceptors (Lipinski definition) is 2. The summed E-state index contributed by atoms with van der Waals surface area (Å²) in [5.41, 5.74) is 1.75. The van der Waals surface area contributed by atoms with Gasteiger partial charge in [-0.3, -0.25) is 9.59 Å². The molecule has 0 spiro atoms. The van der Waals surface area contributed by atoms with Crippen LogP contribution in [0.15, 0.2) is 48.5 Å². The van der Waals surface area contributed by atoms with Gasteiger partial charge in [-0.05, 0) is 48.7 Å². The molecule has 1 N–H and O–H groups in total. The first-order valence-electron chi connectivity index (χ1n) is 7.98. The molecular weight excluding hydrogens is 359 g/mol. The summed E-state index contributed by atoms with van der Waals surface area (Å²) in [6, 6.07) is 14.5. The van der Waals surface area contributed by atoms with Gasteiger partial charge in [-0.25, -0.2) is 0 Å². The quantitative estimate of drug-likeness (QED) is 0.775. The monoisotopic (exact) mass is 378 g/mol. The normalized spacial score (nSPS) is 10.4. The van der Waals surface area contributed by atoms with Gasteiger partial charge < -0.3 is 10.2 Å². The van der Waals surface area contributed by atoms with Gasteiger partial charge in [0.1, 0.15) is 0 Å². The van der Waals surface area contributed by atoms with Crippen molar-refractivity contribution < 1.29 is 9.59 Å². The van der Waals surface area contributed by atoms with Gasteiger partial charge in [0.15, 0.2) is 0 Å². The standard InChI is InChI=1S/C19H20Cl2N2O2/c1-23(13-18(24)22-17-6-3-5-16(21)12-17)19(25)7-2-4-14-8-10-15(20)11-9-14/h3,5-6,8-12H,2,4,7,13H2,1H3,(H,22,24). The summed E-state index contributed by atoms with van der Waals surface area (Å²) in [5, 5.41) is 3.97. The van der Waals surface area contributed by atoms with Crippen molar-refractivity contribution in [2.45, 2.75) is 19.3 Å². The van der Waals surface area contributed by atoms with Crippen molar-refractivity contribution in [3.63, 3.8) is 0 Å². The zero-order valence-electron chi connectivity index (χ0n) is 14.0. The van der Waals surface area contributed by atoms with E-state index in [-0.39, 0.29) is 18.4 Å². The second-order valence-electron chi connectivity index (χ2n) is 5.79. The third-order valence-corrected chi connectivity index (χ3v) is 4.17. The van der Waals surface area contributed by atoms with E-state index < -0.39 is 0 Å². The zero-order chi connectivity index (χ0) is 18.2. The Morgan fingerprint density at radius 1 is 1.04 bits per heavy atom. The summed E-state index contributed by atoms with van der Waals surface area (Å²) in [6.45, 7) is 0.00624. The van der Waals surface area contributed by atoms with Crippen molar-refractivity contribution >= 4 is 40.7 Å². The van der Waals surface area contributed by atoms with E-state index in [0.29, 0.717) is 22.2 Å². The third kappa shape index (κ3) is 6.77. The SMILES string of the molecule is CN(CC(=O)Nc1cccc(Cl)c1)C(=O)CCCc1ccc(Cl)cc1. The number of nitrogens with zero attached hydrogens (tertiary/aromatic N) is 1. The Bertz CT molecular complexity index is 732. The molecule has 6 heteroatoms. The van der Waals surface area contributed by atoms with E-state index in [1.165, 1.54) is 4.90 Å². The van der Waals surface area contributed by atoms with Gasteiger partial charge in [0, 0.05) is 29.2 Å². The predicted molar refractivity (Wildman–Crippen MR) is 102 cm³/mol. The fraction of sp³-hybridized carbons (Fsp3) is 0.263. The first kappa shape index (κ1) is 19.3. The molecule has 0 aromatic heterocycles. The molecule has 0 saturated heterocycles. The van der Waals surface area contributed by atoms with E-state index in [2.05, 4.69) is 5.32 Å². The van der Waals surface area contributed by atoms with Crippen molar-refractivity contribution in [1.82, 2.24) is 4.90 Å². The number of nitrogens with one attached hydrogen (secondary N) is 1. The number of rotatable bonds is 7. The number of aryl methyl sites for hydroxylation is 1. The molecule has 0 aliphatic carbocycles. The molecule has 0 aliphatic rings. The molecule has 25 heavy (non-hydrogen) atoms. The number of likely N-dealkylation sites (N-methyl/N-ethyl adjacent to an activating group) is 1. The summed E-state index contributed by atoms with van der Waals surface area (Å²) < 4.78 is 0. The van der Waals surface area contributed by atoms with Crippen molar-refractivity contribution in [1.29, 1.82) is 0 Å². The lowest BCUT2D eigenvalue weighted by molar-refractivity contribution is -0.133. The smallest absolute Gasteiger partial charge is 0.243 e. The van der Waals surface area contributed by atoms with Gasteiger partial charge in [0.05, 0.1) is 6.54 Å². The van der Waals surface area contributed by atoms with Crippen LogP contribution in [0, 0.1) is 0 Å². The minimum absolute atomic E-state index is 0.00624. The first-order chi connectivity index (χ1) is 11.9. The molecule has 2 aromatic rings. The second kappa shape index (κ2) is 9.44. The maximum Gasteiger partial charge on any atom is 0.243 e. The molecule has 2 aromatic carbocycles. The molecule has 0 aliphatic heterocycles. The highest BCUT2D eigenvalue weighted by atomic mass is 35.5. The van der Waals surface area contributed by atoms with Crippen LogP contribution in [0.2, 0.25) is 10.0 Å². The van der Waals surface area contributed by atoms with E-state index in [0.717, 1.165) is 18.4 Å². The van der Waals surface area contributed by atoms with E-state index in [4.69, 9.17) is 23.2 Å². The Morgan fingerprint density at radius 2 is 1.76 bits per heavy atom. The van der Waals surface area contributed by atoms with Crippen LogP contribution in [-0.4, -0.2) is 30.3 Å². The number of amides is 2. The third-order valence-electron chi connectivity index (χ3n) is 3.68. The predicted octanol–water partition coefficient (Wildman–Crippen LogP) is 4.41. The molecule has 2 rings (SSSR count). The van der Waals surface area contributed by atoms with Crippen LogP contribution < -0.4 is 5.32 Å². The second-order valence-corrected chi connectivity index (χ2v) is 6.66. The van der Waals surface area contributed by atoms with Gasteiger partial charge in [0.25, 0.3) is 0 Å². The van der Waals surface area contributed by atoms with Gasteiger partial charge >= 0.3 is 0 Å². The average Bonchev–Trinajstić information content (AvgIpc) is 2.56. The Hall–Kier alpha value is -2.04. The summed E-state index contributed by atoms with van der Waals surface area (Å²) >= 11 is 11.7. The molecule has 2 amide bonds. The number of carbonyl (C=O) groups is 2. The van der Waals surface area contributed by atoms with E-state index in [1.807, 2.05) is 24.3 Å². The molecule has 4 nitrogen and oxygen atoms in total. The molecule has 0 bridgehead atoms.